The molecule has 0 radical (unpaired) electrons. The van der Waals surface area contributed by atoms with Crippen molar-refractivity contribution < 1.29 is 4.79 Å². The minimum Gasteiger partial charge on any atom is -0.322 e. The van der Waals surface area contributed by atoms with Gasteiger partial charge >= 0.3 is 5.24 Å². The van der Waals surface area contributed by atoms with Crippen LogP contribution in [0.3, 0.4) is 0 Å². The molecule has 0 spiro atoms. The first kappa shape index (κ1) is 7.01. The summed E-state index contributed by atoms with van der Waals surface area (Å²) in [5.74, 6) is 0. The molecular weight excluding hydrogens is 150 g/mol. The molecule has 1 atom stereocenters. The molecule has 0 aromatic heterocycles. The van der Waals surface area contributed by atoms with E-state index in [1.54, 1.807) is 5.41 Å². The quantitative estimate of drug-likeness (QED) is 0.501. The molecule has 1 rings (SSSR count). The fourth-order valence-corrected chi connectivity index (χ4v) is 1.11. The van der Waals surface area contributed by atoms with E-state index in [-0.39, 0.29) is 0 Å². The zero-order chi connectivity index (χ0) is 7.40. The summed E-state index contributed by atoms with van der Waals surface area (Å²) in [6, 6.07) is 0. The van der Waals surface area contributed by atoms with Crippen LogP contribution in [0.4, 0.5) is 4.79 Å². The van der Waals surface area contributed by atoms with Crippen LogP contribution in [-0.4, -0.2) is 17.7 Å². The normalized spacial score (nSPS) is 22.6. The summed E-state index contributed by atoms with van der Waals surface area (Å²) >= 11 is -0.811. The number of aliphatic imine (C=N–C) groups is 1. The maximum absolute atomic E-state index is 10.5. The van der Waals surface area contributed by atoms with Gasteiger partial charge in [-0.1, -0.05) is 0 Å². The smallest absolute Gasteiger partial charge is 0.322 e. The lowest BCUT2D eigenvalue weighted by molar-refractivity contribution is 0.267. The molecule has 0 aromatic rings. The van der Waals surface area contributed by atoms with Crippen LogP contribution in [-0.2, 0) is 11.1 Å². The van der Waals surface area contributed by atoms with E-state index in [0.29, 0.717) is 0 Å². The monoisotopic (exact) mass is 156 g/mol. The zero-order valence-electron chi connectivity index (χ0n) is 5.10. The van der Waals surface area contributed by atoms with Crippen LogP contribution in [0, 0.1) is 0 Å². The van der Waals surface area contributed by atoms with E-state index < -0.39 is 16.3 Å². The van der Waals surface area contributed by atoms with Crippen LogP contribution in [0.2, 0.25) is 0 Å². The van der Waals surface area contributed by atoms with Gasteiger partial charge in [-0.05, 0) is 4.40 Å². The Bertz CT molecular complexity index is 205. The van der Waals surface area contributed by atoms with Gasteiger partial charge < -0.3 is 5.73 Å². The first-order chi connectivity index (χ1) is 4.80. The maximum atomic E-state index is 10.5. The van der Waals surface area contributed by atoms with Crippen LogP contribution in [0.25, 0.3) is 0 Å². The highest BCUT2D eigenvalue weighted by Gasteiger charge is 2.22. The number of amides is 1. The number of carbonyl (C=O) groups is 1. The van der Waals surface area contributed by atoms with Crippen LogP contribution in [0.15, 0.2) is 21.0 Å². The lowest BCUT2D eigenvalue weighted by Gasteiger charge is -1.81. The summed E-state index contributed by atoms with van der Waals surface area (Å²) < 4.78 is 3.81. The first-order valence-electron chi connectivity index (χ1n) is 2.56. The van der Waals surface area contributed by atoms with Gasteiger partial charge in [0.2, 0.25) is 0 Å². The molecule has 0 saturated carbocycles. The summed E-state index contributed by atoms with van der Waals surface area (Å²) in [6.07, 6.45) is 4.49. The second-order valence-electron chi connectivity index (χ2n) is 1.47. The van der Waals surface area contributed by atoms with Crippen molar-refractivity contribution >= 4 is 28.7 Å². The topological polar surface area (TPSA) is 67.8 Å². The van der Waals surface area contributed by atoms with Gasteiger partial charge in [-0.3, -0.25) is 4.99 Å². The van der Waals surface area contributed by atoms with Gasteiger partial charge in [0.15, 0.2) is 5.41 Å². The van der Waals surface area contributed by atoms with Crippen molar-refractivity contribution in [3.8, 4) is 0 Å². The molecule has 1 aliphatic rings. The van der Waals surface area contributed by atoms with Crippen molar-refractivity contribution in [1.82, 2.24) is 0 Å². The van der Waals surface area contributed by atoms with Crippen LogP contribution < -0.4 is 5.73 Å². The third kappa shape index (κ3) is 1.70. The van der Waals surface area contributed by atoms with Crippen LogP contribution in [0.1, 0.15) is 0 Å². The van der Waals surface area contributed by atoms with Gasteiger partial charge in [0.25, 0.3) is 11.1 Å². The molecule has 1 aliphatic heterocycles. The lowest BCUT2D eigenvalue weighted by atomic mass is 10.8. The second kappa shape index (κ2) is 3.17. The molecule has 0 saturated heterocycles. The predicted molar refractivity (Wildman–Crippen MR) is 43.1 cm³/mol. The summed E-state index contributed by atoms with van der Waals surface area (Å²) in [6.45, 7) is 0. The largest absolute Gasteiger partial charge is 0.460 e. The number of hydrogen-bond donors (Lipinski definition) is 1. The Labute approximate surface area is 61.0 Å². The molecular formula is C5H6N3OS+. The Balaban J connectivity index is 2.72. The summed E-state index contributed by atoms with van der Waals surface area (Å²) in [5.41, 5.74) is 4.99. The molecule has 5 heteroatoms. The van der Waals surface area contributed by atoms with Crippen molar-refractivity contribution in [3.05, 3.63) is 11.6 Å². The Morgan fingerprint density at radius 3 is 3.00 bits per heavy atom. The van der Waals surface area contributed by atoms with Crippen molar-refractivity contribution in [3.63, 3.8) is 0 Å². The summed E-state index contributed by atoms with van der Waals surface area (Å²) in [7, 11) is 0. The van der Waals surface area contributed by atoms with Crippen molar-refractivity contribution in [2.24, 2.45) is 15.1 Å². The lowest BCUT2D eigenvalue weighted by Crippen LogP contribution is -2.17. The van der Waals surface area contributed by atoms with Gasteiger partial charge in [-0.25, -0.2) is 4.79 Å². The van der Waals surface area contributed by atoms with E-state index in [2.05, 4.69) is 9.39 Å². The van der Waals surface area contributed by atoms with Crippen molar-refractivity contribution in [2.75, 3.05) is 0 Å². The highest BCUT2D eigenvalue weighted by molar-refractivity contribution is 8.12. The Hall–Kier alpha value is -1.10. The molecule has 0 bridgehead atoms. The Morgan fingerprint density at radius 2 is 2.30 bits per heavy atom. The van der Waals surface area contributed by atoms with Gasteiger partial charge in [0.1, 0.15) is 0 Å². The number of hydrogen-bond acceptors (Lipinski definition) is 3. The maximum Gasteiger partial charge on any atom is 0.460 e. The third-order valence-electron chi connectivity index (χ3n) is 0.809. The Morgan fingerprint density at radius 1 is 1.50 bits per heavy atom. The van der Waals surface area contributed by atoms with Crippen LogP contribution in [0.5, 0.6) is 0 Å². The highest BCUT2D eigenvalue weighted by atomic mass is 32.2. The number of nitrogens with zero attached hydrogens (tertiary/aromatic N) is 2. The molecule has 52 valence electrons. The minimum atomic E-state index is -0.811. The number of primary amides is 1. The third-order valence-corrected chi connectivity index (χ3v) is 1.95. The van der Waals surface area contributed by atoms with Crippen LogP contribution >= 0.6 is 0 Å². The standard InChI is InChI=1S/C5H5N3OS/c6-5(9)10-4-3-7-1-2-8-10/h1-4H,(H-,6,9)/p+1. The second-order valence-corrected chi connectivity index (χ2v) is 2.99. The van der Waals surface area contributed by atoms with Gasteiger partial charge in [0, 0.05) is 6.21 Å². The summed E-state index contributed by atoms with van der Waals surface area (Å²) in [4.78, 5) is 14.3. The SMILES string of the molecule is NC(=O)[S+]1C=CN=CC=N1. The molecule has 0 aromatic carbocycles. The zero-order valence-corrected chi connectivity index (χ0v) is 5.91. The fourth-order valence-electron chi connectivity index (χ4n) is 0.428. The molecule has 4 nitrogen and oxygen atoms in total. The molecule has 0 aliphatic carbocycles. The van der Waals surface area contributed by atoms with E-state index in [1.807, 2.05) is 0 Å². The fraction of sp³-hybridized carbons (Fsp3) is 0. The average Bonchev–Trinajstić information content (AvgIpc) is 2.12. The highest BCUT2D eigenvalue weighted by Crippen LogP contribution is 2.01. The van der Waals surface area contributed by atoms with Gasteiger partial charge in [0.05, 0.1) is 12.4 Å². The van der Waals surface area contributed by atoms with E-state index in [1.165, 1.54) is 18.6 Å². The number of rotatable bonds is 0. The first-order valence-corrected chi connectivity index (χ1v) is 3.80. The van der Waals surface area contributed by atoms with Gasteiger partial charge in [-0.2, -0.15) is 0 Å². The van der Waals surface area contributed by atoms with Crippen molar-refractivity contribution in [1.29, 1.82) is 0 Å². The average molecular weight is 156 g/mol. The molecule has 10 heavy (non-hydrogen) atoms. The van der Waals surface area contributed by atoms with E-state index in [9.17, 15) is 4.79 Å². The number of carbonyl (C=O) groups excluding carboxylic acids is 1. The molecule has 1 amide bonds. The molecule has 0 fully saturated rings. The van der Waals surface area contributed by atoms with Gasteiger partial charge in [-0.15, -0.1) is 0 Å². The van der Waals surface area contributed by atoms with E-state index >= 15 is 0 Å². The number of nitrogens with two attached hydrogens (primary N) is 1. The summed E-state index contributed by atoms with van der Waals surface area (Å²) in [5, 5.41) is 1.14. The Kier molecular flexibility index (Phi) is 2.22. The molecule has 2 N–H and O–H groups in total. The predicted octanol–water partition coefficient (Wildman–Crippen LogP) is 0.225. The van der Waals surface area contributed by atoms with Crippen molar-refractivity contribution in [2.45, 2.75) is 0 Å². The minimum absolute atomic E-state index is 0.432. The molecule has 1 unspecified atom stereocenters. The molecule has 1 heterocycles. The van der Waals surface area contributed by atoms with E-state index in [4.69, 9.17) is 5.73 Å². The van der Waals surface area contributed by atoms with E-state index in [0.717, 1.165) is 0 Å².